The van der Waals surface area contributed by atoms with Crippen molar-refractivity contribution in [2.24, 2.45) is 5.73 Å². The third-order valence-corrected chi connectivity index (χ3v) is 3.80. The van der Waals surface area contributed by atoms with E-state index in [0.717, 1.165) is 19.3 Å². The van der Waals surface area contributed by atoms with Crippen LogP contribution in [0, 0.1) is 0 Å². The van der Waals surface area contributed by atoms with Gasteiger partial charge >= 0.3 is 0 Å². The number of nitrogens with one attached hydrogen (secondary N) is 1. The molecule has 0 atom stereocenters. The molecule has 6 heteroatoms. The zero-order valence-corrected chi connectivity index (χ0v) is 12.4. The lowest BCUT2D eigenvalue weighted by Crippen LogP contribution is -2.49. The van der Waals surface area contributed by atoms with Gasteiger partial charge < -0.3 is 5.73 Å². The molecule has 4 nitrogen and oxygen atoms in total. The number of hydrogen-bond donors (Lipinski definition) is 2. The number of carbonyl (C=O) groups excluding carboxylic acids is 1. The summed E-state index contributed by atoms with van der Waals surface area (Å²) in [7, 11) is 0. The van der Waals surface area contributed by atoms with E-state index >= 15 is 0 Å². The molecule has 0 aliphatic carbocycles. The predicted molar refractivity (Wildman–Crippen MR) is 79.6 cm³/mol. The van der Waals surface area contributed by atoms with Gasteiger partial charge in [0, 0.05) is 16.8 Å². The summed E-state index contributed by atoms with van der Waals surface area (Å²) in [5.74, 6) is -0.158. The molecular formula is C12H19N3OS2. The standard InChI is InChI=1S/C12H19N3OS2/c1-3-5-6-15(12(13)17)14-11(16)9-7-10(4-2)18-8-9/h7-8H,3-6H2,1-2H3,(H2,13,17)(H,14,16). The second kappa shape index (κ2) is 7.33. The van der Waals surface area contributed by atoms with Crippen LogP contribution in [0.2, 0.25) is 0 Å². The molecule has 0 bridgehead atoms. The van der Waals surface area contributed by atoms with Crippen LogP contribution in [0.1, 0.15) is 41.9 Å². The van der Waals surface area contributed by atoms with Crippen LogP contribution in [0.25, 0.3) is 0 Å². The highest BCUT2D eigenvalue weighted by Crippen LogP contribution is 2.15. The Morgan fingerprint density at radius 1 is 1.56 bits per heavy atom. The summed E-state index contributed by atoms with van der Waals surface area (Å²) >= 11 is 6.51. The molecule has 0 unspecified atom stereocenters. The average molecular weight is 285 g/mol. The predicted octanol–water partition coefficient (Wildman–Crippen LogP) is 2.30. The number of nitrogens with zero attached hydrogens (tertiary/aromatic N) is 1. The smallest absolute Gasteiger partial charge is 0.270 e. The van der Waals surface area contributed by atoms with Crippen LogP contribution in [0.15, 0.2) is 11.4 Å². The van der Waals surface area contributed by atoms with Crippen molar-refractivity contribution in [3.8, 4) is 0 Å². The van der Waals surface area contributed by atoms with Gasteiger partial charge in [0.15, 0.2) is 5.11 Å². The molecule has 0 aliphatic heterocycles. The highest BCUT2D eigenvalue weighted by Gasteiger charge is 2.13. The van der Waals surface area contributed by atoms with Gasteiger partial charge in [0.2, 0.25) is 0 Å². The van der Waals surface area contributed by atoms with E-state index in [2.05, 4.69) is 19.3 Å². The Hall–Kier alpha value is -1.14. The minimum Gasteiger partial charge on any atom is -0.375 e. The molecule has 0 spiro atoms. The maximum atomic E-state index is 12.0. The molecule has 3 N–H and O–H groups in total. The second-order valence-corrected chi connectivity index (χ2v) is 5.35. The van der Waals surface area contributed by atoms with Crippen LogP contribution in [-0.2, 0) is 6.42 Å². The van der Waals surface area contributed by atoms with Crippen LogP contribution in [0.3, 0.4) is 0 Å². The Bertz CT molecular complexity index is 417. The number of carbonyl (C=O) groups is 1. The van der Waals surface area contributed by atoms with Crippen molar-refractivity contribution in [3.63, 3.8) is 0 Å². The molecule has 100 valence electrons. The van der Waals surface area contributed by atoms with Crippen molar-refractivity contribution in [2.45, 2.75) is 33.1 Å². The van der Waals surface area contributed by atoms with E-state index < -0.39 is 0 Å². The first-order chi connectivity index (χ1) is 8.58. The molecule has 1 aromatic heterocycles. The van der Waals surface area contributed by atoms with Gasteiger partial charge in [0.25, 0.3) is 5.91 Å². The molecular weight excluding hydrogens is 266 g/mol. The lowest BCUT2D eigenvalue weighted by molar-refractivity contribution is 0.0870. The monoisotopic (exact) mass is 285 g/mol. The summed E-state index contributed by atoms with van der Waals surface area (Å²) < 4.78 is 0. The minimum absolute atomic E-state index is 0.158. The van der Waals surface area contributed by atoms with Crippen LogP contribution in [0.4, 0.5) is 0 Å². The summed E-state index contributed by atoms with van der Waals surface area (Å²) in [4.78, 5) is 13.2. The topological polar surface area (TPSA) is 58.4 Å². The molecule has 1 rings (SSSR count). The molecule has 1 aromatic rings. The fourth-order valence-electron chi connectivity index (χ4n) is 1.41. The van der Waals surface area contributed by atoms with E-state index in [1.807, 2.05) is 11.4 Å². The molecule has 0 aromatic carbocycles. The van der Waals surface area contributed by atoms with E-state index in [1.165, 1.54) is 9.89 Å². The molecule has 1 amide bonds. The molecule has 0 radical (unpaired) electrons. The fourth-order valence-corrected chi connectivity index (χ4v) is 2.36. The number of amides is 1. The first-order valence-corrected chi connectivity index (χ1v) is 7.32. The summed E-state index contributed by atoms with van der Waals surface area (Å²) in [5, 5.41) is 3.58. The Morgan fingerprint density at radius 3 is 2.78 bits per heavy atom. The molecule has 1 heterocycles. The SMILES string of the molecule is CCCCN(NC(=O)c1csc(CC)c1)C(N)=S. The van der Waals surface area contributed by atoms with E-state index in [0.29, 0.717) is 12.1 Å². The highest BCUT2D eigenvalue weighted by atomic mass is 32.1. The summed E-state index contributed by atoms with van der Waals surface area (Å²) in [6, 6.07) is 1.90. The van der Waals surface area contributed by atoms with Crippen molar-refractivity contribution in [3.05, 3.63) is 21.9 Å². The first-order valence-electron chi connectivity index (χ1n) is 6.03. The third-order valence-electron chi connectivity index (χ3n) is 2.50. The largest absolute Gasteiger partial charge is 0.375 e. The van der Waals surface area contributed by atoms with Crippen molar-refractivity contribution in [1.29, 1.82) is 0 Å². The molecule has 0 fully saturated rings. The van der Waals surface area contributed by atoms with E-state index in [9.17, 15) is 4.79 Å². The Labute approximate surface area is 117 Å². The minimum atomic E-state index is -0.158. The van der Waals surface area contributed by atoms with Gasteiger partial charge in [-0.1, -0.05) is 20.3 Å². The zero-order valence-electron chi connectivity index (χ0n) is 10.7. The van der Waals surface area contributed by atoms with Crippen molar-refractivity contribution >= 4 is 34.6 Å². The number of nitrogens with two attached hydrogens (primary N) is 1. The highest BCUT2D eigenvalue weighted by molar-refractivity contribution is 7.80. The number of hydrazine groups is 1. The van der Waals surface area contributed by atoms with Gasteiger partial charge in [-0.05, 0) is 31.1 Å². The lowest BCUT2D eigenvalue weighted by Gasteiger charge is -2.22. The van der Waals surface area contributed by atoms with Gasteiger partial charge in [-0.2, -0.15) is 0 Å². The molecule has 0 saturated heterocycles. The van der Waals surface area contributed by atoms with Gasteiger partial charge in [0.05, 0.1) is 5.56 Å². The third kappa shape index (κ3) is 4.27. The van der Waals surface area contributed by atoms with E-state index in [4.69, 9.17) is 18.0 Å². The van der Waals surface area contributed by atoms with Gasteiger partial charge in [-0.15, -0.1) is 11.3 Å². The van der Waals surface area contributed by atoms with Crippen LogP contribution in [0.5, 0.6) is 0 Å². The number of rotatable bonds is 5. The van der Waals surface area contributed by atoms with Gasteiger partial charge in [-0.25, -0.2) is 0 Å². The second-order valence-electron chi connectivity index (χ2n) is 3.94. The van der Waals surface area contributed by atoms with Crippen molar-refractivity contribution < 1.29 is 4.79 Å². The molecule has 0 aliphatic rings. The lowest BCUT2D eigenvalue weighted by atomic mass is 10.3. The van der Waals surface area contributed by atoms with E-state index in [-0.39, 0.29) is 11.0 Å². The number of unbranched alkanes of at least 4 members (excludes halogenated alkanes) is 1. The van der Waals surface area contributed by atoms with Crippen LogP contribution < -0.4 is 11.2 Å². The Kier molecular flexibility index (Phi) is 6.07. The fraction of sp³-hybridized carbons (Fsp3) is 0.500. The summed E-state index contributed by atoms with van der Waals surface area (Å²) in [6.45, 7) is 4.78. The van der Waals surface area contributed by atoms with Crippen LogP contribution in [-0.4, -0.2) is 22.6 Å². The normalized spacial score (nSPS) is 10.1. The van der Waals surface area contributed by atoms with Gasteiger partial charge in [-0.3, -0.25) is 15.2 Å². The number of hydrogen-bond acceptors (Lipinski definition) is 3. The Balaban J connectivity index is 2.62. The average Bonchev–Trinajstić information content (AvgIpc) is 2.82. The van der Waals surface area contributed by atoms with Crippen molar-refractivity contribution in [2.75, 3.05) is 6.54 Å². The van der Waals surface area contributed by atoms with E-state index in [1.54, 1.807) is 11.3 Å². The molecule has 18 heavy (non-hydrogen) atoms. The van der Waals surface area contributed by atoms with Crippen molar-refractivity contribution in [1.82, 2.24) is 10.4 Å². The molecule has 0 saturated carbocycles. The summed E-state index contributed by atoms with van der Waals surface area (Å²) in [5.41, 5.74) is 8.98. The zero-order chi connectivity index (χ0) is 13.5. The quantitative estimate of drug-likeness (QED) is 0.644. The number of aryl methyl sites for hydroxylation is 1. The van der Waals surface area contributed by atoms with Gasteiger partial charge in [0.1, 0.15) is 0 Å². The maximum absolute atomic E-state index is 12.0. The number of thiophene rings is 1. The number of thiocarbonyl (C=S) groups is 1. The first kappa shape index (κ1) is 14.9. The maximum Gasteiger partial charge on any atom is 0.270 e. The summed E-state index contributed by atoms with van der Waals surface area (Å²) in [6.07, 6.45) is 2.89. The Morgan fingerprint density at radius 2 is 2.28 bits per heavy atom. The van der Waals surface area contributed by atoms with Crippen LogP contribution >= 0.6 is 23.6 Å².